The monoisotopic (exact) mass is 397 g/mol. The second-order valence-electron chi connectivity index (χ2n) is 7.77. The van der Waals surface area contributed by atoms with Gasteiger partial charge in [-0.1, -0.05) is 42.5 Å². The van der Waals surface area contributed by atoms with E-state index in [2.05, 4.69) is 87.5 Å². The lowest BCUT2D eigenvalue weighted by Crippen LogP contribution is -3.00. The molecule has 2 aliphatic heterocycles. The van der Waals surface area contributed by atoms with Gasteiger partial charge in [0.05, 0.1) is 5.92 Å². The van der Waals surface area contributed by atoms with Gasteiger partial charge in [-0.2, -0.15) is 4.57 Å². The molecule has 0 radical (unpaired) electrons. The first-order chi connectivity index (χ1) is 13.9. The number of halogens is 1. The maximum Gasteiger partial charge on any atom is 0.190 e. The predicted molar refractivity (Wildman–Crippen MR) is 107 cm³/mol. The molecule has 142 valence electrons. The maximum atomic E-state index is 4.50. The molecule has 5 heterocycles. The van der Waals surface area contributed by atoms with E-state index in [1.54, 1.807) is 0 Å². The molecule has 3 nitrogen and oxygen atoms in total. The molecule has 3 aromatic heterocycles. The van der Waals surface area contributed by atoms with E-state index < -0.39 is 0 Å². The summed E-state index contributed by atoms with van der Waals surface area (Å²) in [5, 5.41) is 0. The zero-order valence-electron chi connectivity index (χ0n) is 15.8. The summed E-state index contributed by atoms with van der Waals surface area (Å²) in [5.41, 5.74) is 6.59. The van der Waals surface area contributed by atoms with Crippen molar-refractivity contribution in [2.24, 2.45) is 0 Å². The van der Waals surface area contributed by atoms with Crippen LogP contribution in [0.1, 0.15) is 46.3 Å². The summed E-state index contributed by atoms with van der Waals surface area (Å²) in [4.78, 5) is 9.00. The van der Waals surface area contributed by atoms with Crippen LogP contribution in [0.25, 0.3) is 0 Å². The van der Waals surface area contributed by atoms with Crippen LogP contribution >= 0.6 is 0 Å². The van der Waals surface area contributed by atoms with Crippen molar-refractivity contribution in [3.8, 4) is 0 Å². The highest BCUT2D eigenvalue weighted by Gasteiger charge is 2.59. The van der Waals surface area contributed by atoms with Gasteiger partial charge >= 0.3 is 0 Å². The molecule has 0 N–H and O–H groups in total. The van der Waals surface area contributed by atoms with E-state index in [1.165, 1.54) is 27.9 Å². The normalized spacial score (nSPS) is 20.3. The number of aromatic nitrogens is 3. The van der Waals surface area contributed by atoms with Crippen molar-refractivity contribution in [1.82, 2.24) is 9.97 Å². The van der Waals surface area contributed by atoms with E-state index in [-0.39, 0.29) is 23.7 Å². The molecular formula is C25H20ClN3. The number of fused-ring (bicyclic) bond motifs is 1. The second kappa shape index (κ2) is 6.78. The van der Waals surface area contributed by atoms with Crippen LogP contribution in [-0.4, -0.2) is 9.97 Å². The molecule has 1 aromatic carbocycles. The zero-order chi connectivity index (χ0) is 18.6. The van der Waals surface area contributed by atoms with Gasteiger partial charge in [0.15, 0.2) is 17.9 Å². The van der Waals surface area contributed by atoms with Gasteiger partial charge in [0.25, 0.3) is 0 Å². The number of hydrogen-bond donors (Lipinski definition) is 0. The lowest BCUT2D eigenvalue weighted by Gasteiger charge is -2.49. The van der Waals surface area contributed by atoms with Gasteiger partial charge < -0.3 is 12.4 Å². The van der Waals surface area contributed by atoms with Crippen LogP contribution in [-0.2, 0) is 5.41 Å². The summed E-state index contributed by atoms with van der Waals surface area (Å²) in [6.45, 7) is 0. The van der Waals surface area contributed by atoms with Crippen molar-refractivity contribution in [2.45, 2.75) is 23.8 Å². The summed E-state index contributed by atoms with van der Waals surface area (Å²) in [6.07, 6.45) is 11.1. The number of hydrogen-bond acceptors (Lipinski definition) is 2. The summed E-state index contributed by atoms with van der Waals surface area (Å²) < 4.78 is 2.47. The van der Waals surface area contributed by atoms with E-state index in [4.69, 9.17) is 0 Å². The van der Waals surface area contributed by atoms with Gasteiger partial charge in [-0.25, -0.2) is 0 Å². The van der Waals surface area contributed by atoms with Crippen LogP contribution in [0, 0.1) is 0 Å². The topological polar surface area (TPSA) is 29.7 Å². The van der Waals surface area contributed by atoms with Crippen molar-refractivity contribution in [3.05, 3.63) is 126 Å². The van der Waals surface area contributed by atoms with E-state index in [1.807, 2.05) is 24.8 Å². The van der Waals surface area contributed by atoms with Gasteiger partial charge in [0.2, 0.25) is 0 Å². The minimum Gasteiger partial charge on any atom is -1.00 e. The zero-order valence-corrected chi connectivity index (χ0v) is 16.6. The highest BCUT2D eigenvalue weighted by atomic mass is 35.5. The molecule has 0 saturated carbocycles. The van der Waals surface area contributed by atoms with Crippen LogP contribution in [0.2, 0.25) is 0 Å². The Hall–Kier alpha value is -3.04. The lowest BCUT2D eigenvalue weighted by molar-refractivity contribution is -0.732. The molecule has 0 amide bonds. The van der Waals surface area contributed by atoms with E-state index in [0.717, 1.165) is 6.42 Å². The third kappa shape index (κ3) is 2.41. The van der Waals surface area contributed by atoms with Gasteiger partial charge in [0.1, 0.15) is 0 Å². The molecule has 0 fully saturated rings. The molecule has 1 aliphatic carbocycles. The Labute approximate surface area is 176 Å². The average molecular weight is 398 g/mol. The smallest absolute Gasteiger partial charge is 0.190 e. The Morgan fingerprint density at radius 2 is 1.41 bits per heavy atom. The maximum absolute atomic E-state index is 4.50. The average Bonchev–Trinajstić information content (AvgIpc) is 2.80. The van der Waals surface area contributed by atoms with Crippen LogP contribution in [0.5, 0.6) is 0 Å². The highest BCUT2D eigenvalue weighted by molar-refractivity contribution is 5.53. The SMILES string of the molecule is [Cl-].c1cncc(C2(c3cccnc3)C[C@@H]3c4ccccc4[C@H]2c2cccc[n+]23)c1. The molecule has 2 bridgehead atoms. The van der Waals surface area contributed by atoms with Crippen LogP contribution in [0.4, 0.5) is 0 Å². The van der Waals surface area contributed by atoms with Crippen molar-refractivity contribution in [2.75, 3.05) is 0 Å². The standard InChI is InChI=1S/C25H20N3.ClH/c1-2-10-21-20(9-1)23-15-25(18-7-5-12-26-16-18,19-8-6-13-27-17-19)24(21)22-11-3-4-14-28(22)23;/h1-14,16-17,23-24H,15H2;1H/q+1;/p-1/t23-,24+;/m1./s1. The van der Waals surface area contributed by atoms with Crippen LogP contribution in [0.15, 0.2) is 97.7 Å². The quantitative estimate of drug-likeness (QED) is 0.476. The highest BCUT2D eigenvalue weighted by Crippen LogP contribution is 2.59. The van der Waals surface area contributed by atoms with Crippen molar-refractivity contribution < 1.29 is 17.0 Å². The fourth-order valence-corrected chi connectivity index (χ4v) is 5.52. The third-order valence-corrected chi connectivity index (χ3v) is 6.58. The Kier molecular flexibility index (Phi) is 4.21. The van der Waals surface area contributed by atoms with Crippen molar-refractivity contribution in [3.63, 3.8) is 0 Å². The van der Waals surface area contributed by atoms with Crippen LogP contribution < -0.4 is 17.0 Å². The molecule has 29 heavy (non-hydrogen) atoms. The van der Waals surface area contributed by atoms with E-state index >= 15 is 0 Å². The summed E-state index contributed by atoms with van der Waals surface area (Å²) in [5.74, 6) is 0.225. The van der Waals surface area contributed by atoms with Gasteiger partial charge in [-0.05, 0) is 28.8 Å². The third-order valence-electron chi connectivity index (χ3n) is 6.58. The predicted octanol–water partition coefficient (Wildman–Crippen LogP) is 1.19. The number of nitrogens with zero attached hydrogens (tertiary/aromatic N) is 3. The largest absolute Gasteiger partial charge is 1.00 e. The Morgan fingerprint density at radius 3 is 2.07 bits per heavy atom. The van der Waals surface area contributed by atoms with Crippen molar-refractivity contribution in [1.29, 1.82) is 0 Å². The molecule has 0 saturated heterocycles. The fourth-order valence-electron chi connectivity index (χ4n) is 5.52. The van der Waals surface area contributed by atoms with Crippen LogP contribution in [0.3, 0.4) is 0 Å². The van der Waals surface area contributed by atoms with Gasteiger partial charge in [0, 0.05) is 54.3 Å². The molecule has 4 heteroatoms. The van der Waals surface area contributed by atoms with E-state index in [9.17, 15) is 0 Å². The molecule has 7 rings (SSSR count). The summed E-state index contributed by atoms with van der Waals surface area (Å²) >= 11 is 0. The van der Waals surface area contributed by atoms with Gasteiger partial charge in [-0.15, -0.1) is 0 Å². The Balaban J connectivity index is 0.00000181. The lowest BCUT2D eigenvalue weighted by atomic mass is 9.54. The first-order valence-corrected chi connectivity index (χ1v) is 9.79. The summed E-state index contributed by atoms with van der Waals surface area (Å²) in [6, 6.07) is 24.4. The van der Waals surface area contributed by atoms with E-state index in [0.29, 0.717) is 6.04 Å². The molecular weight excluding hydrogens is 378 g/mol. The van der Waals surface area contributed by atoms with Crippen molar-refractivity contribution >= 4 is 0 Å². The second-order valence-corrected chi connectivity index (χ2v) is 7.77. The number of pyridine rings is 3. The Morgan fingerprint density at radius 1 is 0.759 bits per heavy atom. The van der Waals surface area contributed by atoms with Gasteiger partial charge in [-0.3, -0.25) is 9.97 Å². The molecule has 3 aliphatic rings. The number of benzene rings is 1. The fraction of sp³-hybridized carbons (Fsp3) is 0.160. The molecule has 2 atom stereocenters. The molecule has 4 aromatic rings. The Bertz CT molecular complexity index is 1070. The molecule has 0 spiro atoms. The number of rotatable bonds is 2. The summed E-state index contributed by atoms with van der Waals surface area (Å²) in [7, 11) is 0. The molecule has 0 unspecified atom stereocenters. The first-order valence-electron chi connectivity index (χ1n) is 9.79. The minimum absolute atomic E-state index is 0. The first kappa shape index (κ1) is 18.0. The minimum atomic E-state index is -0.178.